The van der Waals surface area contributed by atoms with Gasteiger partial charge in [0.1, 0.15) is 0 Å². The highest BCUT2D eigenvalue weighted by Crippen LogP contribution is 2.06. The fourth-order valence-corrected chi connectivity index (χ4v) is 1.32. The molecule has 0 aliphatic carbocycles. The maximum Gasteiger partial charge on any atom is -0.0256 e. The van der Waals surface area contributed by atoms with Crippen molar-refractivity contribution in [1.82, 2.24) is 0 Å². The van der Waals surface area contributed by atoms with Gasteiger partial charge in [-0.1, -0.05) is 107 Å². The summed E-state index contributed by atoms with van der Waals surface area (Å²) in [5.41, 5.74) is 2.47. The van der Waals surface area contributed by atoms with Gasteiger partial charge in [-0.3, -0.25) is 0 Å². The van der Waals surface area contributed by atoms with Crippen LogP contribution in [-0.2, 0) is 0 Å². The Hall–Kier alpha value is -1.82. The van der Waals surface area contributed by atoms with E-state index < -0.39 is 0 Å². The minimum absolute atomic E-state index is 1.23. The Balaban J connectivity index is 0.000000573. The van der Waals surface area contributed by atoms with Gasteiger partial charge in [-0.25, -0.2) is 0 Å². The predicted octanol–water partition coefficient (Wildman–Crippen LogP) is 6.30. The molecule has 0 spiro atoms. The summed E-state index contributed by atoms with van der Waals surface area (Å²) >= 11 is 0. The molecule has 0 heterocycles. The average molecular weight is 254 g/mol. The molecule has 0 N–H and O–H groups in total. The number of benzene rings is 2. The largest absolute Gasteiger partial charge is 0.0683 e. The maximum atomic E-state index is 2.12. The van der Waals surface area contributed by atoms with Crippen molar-refractivity contribution >= 4 is 12.2 Å². The third kappa shape index (κ3) is 8.84. The molecule has 0 bridgehead atoms. The first-order valence-corrected chi connectivity index (χ1v) is 7.15. The Labute approximate surface area is 118 Å². The van der Waals surface area contributed by atoms with Crippen LogP contribution in [-0.4, -0.2) is 0 Å². The number of hydrogen-bond acceptors (Lipinski definition) is 0. The van der Waals surface area contributed by atoms with Gasteiger partial charge in [0, 0.05) is 0 Å². The van der Waals surface area contributed by atoms with E-state index >= 15 is 0 Å². The minimum atomic E-state index is 1.23. The summed E-state index contributed by atoms with van der Waals surface area (Å²) in [5.74, 6) is 0. The van der Waals surface area contributed by atoms with Crippen LogP contribution in [0.15, 0.2) is 60.7 Å². The Morgan fingerprint density at radius 1 is 0.632 bits per heavy atom. The summed E-state index contributed by atoms with van der Waals surface area (Å²) in [5, 5.41) is 0. The SMILES string of the molecule is C(=C/c1ccccc1)/c1ccccc1.CC.CCC. The molecule has 0 saturated carbocycles. The average Bonchev–Trinajstić information content (AvgIpc) is 2.50. The Kier molecular flexibility index (Phi) is 11.4. The predicted molar refractivity (Wildman–Crippen MR) is 89.1 cm³/mol. The quantitative estimate of drug-likeness (QED) is 0.552. The van der Waals surface area contributed by atoms with Crippen LogP contribution in [0.2, 0.25) is 0 Å². The molecule has 2 aromatic carbocycles. The van der Waals surface area contributed by atoms with Crippen LogP contribution < -0.4 is 0 Å². The van der Waals surface area contributed by atoms with Gasteiger partial charge in [0.2, 0.25) is 0 Å². The summed E-state index contributed by atoms with van der Waals surface area (Å²) in [4.78, 5) is 0. The van der Waals surface area contributed by atoms with Gasteiger partial charge in [-0.15, -0.1) is 0 Å². The van der Waals surface area contributed by atoms with E-state index in [4.69, 9.17) is 0 Å². The van der Waals surface area contributed by atoms with E-state index in [2.05, 4.69) is 50.3 Å². The van der Waals surface area contributed by atoms with E-state index in [-0.39, 0.29) is 0 Å². The second-order valence-electron chi connectivity index (χ2n) is 3.86. The van der Waals surface area contributed by atoms with Crippen LogP contribution in [0.4, 0.5) is 0 Å². The number of hydrogen-bond donors (Lipinski definition) is 0. The van der Waals surface area contributed by atoms with Crippen molar-refractivity contribution < 1.29 is 0 Å². The first kappa shape index (κ1) is 17.2. The monoisotopic (exact) mass is 254 g/mol. The highest BCUT2D eigenvalue weighted by Gasteiger charge is 1.84. The molecule has 0 nitrogen and oxygen atoms in total. The van der Waals surface area contributed by atoms with Gasteiger partial charge >= 0.3 is 0 Å². The second-order valence-corrected chi connectivity index (χ2v) is 3.86. The van der Waals surface area contributed by atoms with Crippen molar-refractivity contribution in [2.24, 2.45) is 0 Å². The van der Waals surface area contributed by atoms with Crippen molar-refractivity contribution in [3.63, 3.8) is 0 Å². The standard InChI is InChI=1S/C14H12.C3H8.C2H6/c1-3-7-13(8-4-1)11-12-14-9-5-2-6-10-14;1-3-2;1-2/h1-12H;3H2,1-2H3;1-2H3/b12-11-;;. The van der Waals surface area contributed by atoms with Crippen LogP contribution in [0.3, 0.4) is 0 Å². The lowest BCUT2D eigenvalue weighted by Gasteiger charge is -1.92. The molecule has 102 valence electrons. The summed E-state index contributed by atoms with van der Waals surface area (Å²) in [6.45, 7) is 8.25. The van der Waals surface area contributed by atoms with Crippen molar-refractivity contribution in [3.05, 3.63) is 71.8 Å². The molecule has 0 heteroatoms. The normalized spacial score (nSPS) is 9.05. The van der Waals surface area contributed by atoms with Crippen LogP contribution in [0.25, 0.3) is 12.2 Å². The van der Waals surface area contributed by atoms with Crippen molar-refractivity contribution in [1.29, 1.82) is 0 Å². The smallest absolute Gasteiger partial charge is 0.0256 e. The molecule has 0 aliphatic rings. The van der Waals surface area contributed by atoms with E-state index in [9.17, 15) is 0 Å². The van der Waals surface area contributed by atoms with E-state index in [1.807, 2.05) is 50.2 Å². The third-order valence-electron chi connectivity index (χ3n) is 2.07. The first-order valence-electron chi connectivity index (χ1n) is 7.15. The molecule has 0 unspecified atom stereocenters. The molecule has 0 aliphatic heterocycles. The van der Waals surface area contributed by atoms with Gasteiger partial charge in [0.15, 0.2) is 0 Å². The fraction of sp³-hybridized carbons (Fsp3) is 0.263. The summed E-state index contributed by atoms with van der Waals surface area (Å²) in [6, 6.07) is 20.6. The molecule has 0 radical (unpaired) electrons. The van der Waals surface area contributed by atoms with Gasteiger partial charge in [-0.05, 0) is 11.1 Å². The van der Waals surface area contributed by atoms with Crippen LogP contribution in [0, 0.1) is 0 Å². The fourth-order valence-electron chi connectivity index (χ4n) is 1.32. The Bertz CT molecular complexity index is 371. The van der Waals surface area contributed by atoms with Gasteiger partial charge in [0.05, 0.1) is 0 Å². The van der Waals surface area contributed by atoms with Crippen LogP contribution in [0.5, 0.6) is 0 Å². The first-order chi connectivity index (χ1) is 9.36. The molecule has 0 fully saturated rings. The topological polar surface area (TPSA) is 0 Å². The van der Waals surface area contributed by atoms with Crippen molar-refractivity contribution in [3.8, 4) is 0 Å². The van der Waals surface area contributed by atoms with E-state index in [0.29, 0.717) is 0 Å². The molecule has 2 aromatic rings. The van der Waals surface area contributed by atoms with Crippen molar-refractivity contribution in [2.45, 2.75) is 34.1 Å². The lowest BCUT2D eigenvalue weighted by molar-refractivity contribution is 1.09. The molecular weight excluding hydrogens is 228 g/mol. The van der Waals surface area contributed by atoms with E-state index in [1.54, 1.807) is 0 Å². The lowest BCUT2D eigenvalue weighted by Crippen LogP contribution is -1.70. The zero-order valence-electron chi connectivity index (χ0n) is 12.6. The van der Waals surface area contributed by atoms with Gasteiger partial charge in [-0.2, -0.15) is 0 Å². The van der Waals surface area contributed by atoms with Gasteiger partial charge in [0.25, 0.3) is 0 Å². The molecule has 0 saturated heterocycles. The van der Waals surface area contributed by atoms with Crippen LogP contribution >= 0.6 is 0 Å². The van der Waals surface area contributed by atoms with Crippen LogP contribution in [0.1, 0.15) is 45.2 Å². The molecule has 2 rings (SSSR count). The zero-order valence-corrected chi connectivity index (χ0v) is 12.6. The Morgan fingerprint density at radius 2 is 0.895 bits per heavy atom. The summed E-state index contributed by atoms with van der Waals surface area (Å²) in [7, 11) is 0. The maximum absolute atomic E-state index is 2.12. The van der Waals surface area contributed by atoms with E-state index in [1.165, 1.54) is 17.5 Å². The molecule has 0 aromatic heterocycles. The minimum Gasteiger partial charge on any atom is -0.0683 e. The summed E-state index contributed by atoms with van der Waals surface area (Å²) in [6.07, 6.45) is 5.49. The van der Waals surface area contributed by atoms with E-state index in [0.717, 1.165) is 0 Å². The van der Waals surface area contributed by atoms with Crippen molar-refractivity contribution in [2.75, 3.05) is 0 Å². The molecular formula is C19H26. The zero-order chi connectivity index (χ0) is 14.3. The highest BCUT2D eigenvalue weighted by atomic mass is 13.9. The second kappa shape index (κ2) is 12.6. The summed E-state index contributed by atoms with van der Waals surface area (Å²) < 4.78 is 0. The molecule has 0 amide bonds. The molecule has 0 atom stereocenters. The third-order valence-corrected chi connectivity index (χ3v) is 2.07. The van der Waals surface area contributed by atoms with Gasteiger partial charge < -0.3 is 0 Å². The number of rotatable bonds is 2. The molecule has 19 heavy (non-hydrogen) atoms. The highest BCUT2D eigenvalue weighted by molar-refractivity contribution is 5.69. The Morgan fingerprint density at radius 3 is 1.16 bits per heavy atom. The lowest BCUT2D eigenvalue weighted by atomic mass is 10.1.